The smallest absolute Gasteiger partial charge is 0.153 e. The molecule has 1 fully saturated rings. The molecule has 1 N–H and O–H groups in total. The SMILES string of the molecule is CC(=O)C1CN(c2ccccc2)CCN1c1cccc(O)c1. The summed E-state index contributed by atoms with van der Waals surface area (Å²) in [6, 6.07) is 17.1. The summed E-state index contributed by atoms with van der Waals surface area (Å²) in [6.45, 7) is 3.90. The molecule has 4 heteroatoms. The van der Waals surface area contributed by atoms with E-state index in [2.05, 4.69) is 21.9 Å². The van der Waals surface area contributed by atoms with Crippen LogP contribution >= 0.6 is 0 Å². The molecule has 1 aliphatic heterocycles. The fourth-order valence-electron chi connectivity index (χ4n) is 2.98. The summed E-state index contributed by atoms with van der Waals surface area (Å²) in [7, 11) is 0. The Labute approximate surface area is 130 Å². The summed E-state index contributed by atoms with van der Waals surface area (Å²) in [5.41, 5.74) is 2.04. The minimum Gasteiger partial charge on any atom is -0.508 e. The zero-order valence-corrected chi connectivity index (χ0v) is 12.6. The summed E-state index contributed by atoms with van der Waals surface area (Å²) < 4.78 is 0. The molecule has 1 unspecified atom stereocenters. The zero-order chi connectivity index (χ0) is 15.5. The Morgan fingerprint density at radius 3 is 2.45 bits per heavy atom. The first-order chi connectivity index (χ1) is 10.6. The van der Waals surface area contributed by atoms with Crippen LogP contribution in [0.25, 0.3) is 0 Å². The van der Waals surface area contributed by atoms with Crippen molar-refractivity contribution in [2.75, 3.05) is 29.4 Å². The van der Waals surface area contributed by atoms with Gasteiger partial charge in [0, 0.05) is 37.1 Å². The molecule has 3 rings (SSSR count). The van der Waals surface area contributed by atoms with Gasteiger partial charge in [0.05, 0.1) is 0 Å². The number of hydrogen-bond acceptors (Lipinski definition) is 4. The quantitative estimate of drug-likeness (QED) is 0.946. The minimum atomic E-state index is -0.198. The van der Waals surface area contributed by atoms with Crippen LogP contribution in [0.5, 0.6) is 5.75 Å². The number of benzene rings is 2. The predicted octanol–water partition coefficient (Wildman–Crippen LogP) is 2.68. The van der Waals surface area contributed by atoms with Crippen LogP contribution in [0.3, 0.4) is 0 Å². The van der Waals surface area contributed by atoms with Crippen LogP contribution in [-0.4, -0.2) is 36.6 Å². The third-order valence-electron chi connectivity index (χ3n) is 4.13. The molecule has 22 heavy (non-hydrogen) atoms. The summed E-state index contributed by atoms with van der Waals surface area (Å²) in [4.78, 5) is 16.4. The molecule has 0 aromatic heterocycles. The van der Waals surface area contributed by atoms with E-state index in [1.807, 2.05) is 30.3 Å². The Hall–Kier alpha value is -2.49. The molecule has 2 aromatic carbocycles. The average molecular weight is 296 g/mol. The van der Waals surface area contributed by atoms with E-state index in [-0.39, 0.29) is 17.6 Å². The molecule has 2 aromatic rings. The Kier molecular flexibility index (Phi) is 4.00. The van der Waals surface area contributed by atoms with Crippen LogP contribution in [-0.2, 0) is 4.79 Å². The van der Waals surface area contributed by atoms with E-state index in [0.29, 0.717) is 6.54 Å². The number of rotatable bonds is 3. The highest BCUT2D eigenvalue weighted by Gasteiger charge is 2.30. The number of ketones is 1. The largest absolute Gasteiger partial charge is 0.508 e. The van der Waals surface area contributed by atoms with Crippen LogP contribution in [0.15, 0.2) is 54.6 Å². The predicted molar refractivity (Wildman–Crippen MR) is 88.6 cm³/mol. The average Bonchev–Trinajstić information content (AvgIpc) is 2.55. The first-order valence-electron chi connectivity index (χ1n) is 7.51. The van der Waals surface area contributed by atoms with Gasteiger partial charge in [-0.15, -0.1) is 0 Å². The number of carbonyl (C=O) groups excluding carboxylic acids is 1. The van der Waals surface area contributed by atoms with Crippen molar-refractivity contribution in [3.63, 3.8) is 0 Å². The van der Waals surface area contributed by atoms with E-state index in [1.165, 1.54) is 0 Å². The normalized spacial score (nSPS) is 18.3. The van der Waals surface area contributed by atoms with Gasteiger partial charge in [-0.2, -0.15) is 0 Å². The summed E-state index contributed by atoms with van der Waals surface area (Å²) >= 11 is 0. The van der Waals surface area contributed by atoms with E-state index in [4.69, 9.17) is 0 Å². The molecule has 0 amide bonds. The number of anilines is 2. The molecular weight excluding hydrogens is 276 g/mol. The van der Waals surface area contributed by atoms with Crippen LogP contribution in [0.1, 0.15) is 6.92 Å². The van der Waals surface area contributed by atoms with Gasteiger partial charge in [-0.25, -0.2) is 0 Å². The number of Topliss-reactive ketones (excluding diaryl/α,β-unsaturated/α-hetero) is 1. The van der Waals surface area contributed by atoms with Crippen molar-refractivity contribution >= 4 is 17.2 Å². The Balaban J connectivity index is 1.84. The molecule has 4 nitrogen and oxygen atoms in total. The second kappa shape index (κ2) is 6.10. The molecule has 0 bridgehead atoms. The molecule has 1 saturated heterocycles. The number of nitrogens with zero attached hydrogens (tertiary/aromatic N) is 2. The van der Waals surface area contributed by atoms with E-state index in [9.17, 15) is 9.90 Å². The first kappa shape index (κ1) is 14.4. The van der Waals surface area contributed by atoms with Crippen molar-refractivity contribution in [3.8, 4) is 5.75 Å². The second-order valence-corrected chi connectivity index (χ2v) is 5.62. The lowest BCUT2D eigenvalue weighted by Crippen LogP contribution is -2.56. The number of piperazine rings is 1. The lowest BCUT2D eigenvalue weighted by atomic mass is 10.1. The van der Waals surface area contributed by atoms with Gasteiger partial charge in [0.2, 0.25) is 0 Å². The Morgan fingerprint density at radius 1 is 1.05 bits per heavy atom. The van der Waals surface area contributed by atoms with Crippen molar-refractivity contribution in [2.24, 2.45) is 0 Å². The highest BCUT2D eigenvalue weighted by Crippen LogP contribution is 2.26. The maximum atomic E-state index is 12.1. The minimum absolute atomic E-state index is 0.143. The Bertz CT molecular complexity index is 657. The monoisotopic (exact) mass is 296 g/mol. The maximum Gasteiger partial charge on any atom is 0.153 e. The van der Waals surface area contributed by atoms with E-state index < -0.39 is 0 Å². The lowest BCUT2D eigenvalue weighted by molar-refractivity contribution is -0.118. The molecule has 1 atom stereocenters. The van der Waals surface area contributed by atoms with Crippen molar-refractivity contribution in [2.45, 2.75) is 13.0 Å². The molecule has 1 aliphatic rings. The van der Waals surface area contributed by atoms with Gasteiger partial charge < -0.3 is 14.9 Å². The lowest BCUT2D eigenvalue weighted by Gasteiger charge is -2.42. The summed E-state index contributed by atoms with van der Waals surface area (Å²) in [5.74, 6) is 0.370. The van der Waals surface area contributed by atoms with Gasteiger partial charge in [-0.3, -0.25) is 4.79 Å². The van der Waals surface area contributed by atoms with Crippen LogP contribution in [0.2, 0.25) is 0 Å². The number of para-hydroxylation sites is 1. The highest BCUT2D eigenvalue weighted by atomic mass is 16.3. The molecular formula is C18H20N2O2. The summed E-state index contributed by atoms with van der Waals surface area (Å²) in [6.07, 6.45) is 0. The number of phenolic OH excluding ortho intramolecular Hbond substituents is 1. The number of hydrogen-bond donors (Lipinski definition) is 1. The summed E-state index contributed by atoms with van der Waals surface area (Å²) in [5, 5.41) is 9.68. The number of carbonyl (C=O) groups is 1. The molecule has 0 saturated carbocycles. The molecule has 0 spiro atoms. The fourth-order valence-corrected chi connectivity index (χ4v) is 2.98. The third-order valence-corrected chi connectivity index (χ3v) is 4.13. The van der Waals surface area contributed by atoms with Crippen molar-refractivity contribution < 1.29 is 9.90 Å². The van der Waals surface area contributed by atoms with Gasteiger partial charge >= 0.3 is 0 Å². The highest BCUT2D eigenvalue weighted by molar-refractivity contribution is 5.86. The first-order valence-corrected chi connectivity index (χ1v) is 7.51. The number of phenols is 1. The molecule has 114 valence electrons. The third kappa shape index (κ3) is 2.91. The standard InChI is InChI=1S/C18H20N2O2/c1-14(21)18-13-19(15-6-3-2-4-7-15)10-11-20(18)16-8-5-9-17(22)12-16/h2-9,12,18,22H,10-11,13H2,1H3. The van der Waals surface area contributed by atoms with Crippen molar-refractivity contribution in [1.29, 1.82) is 0 Å². The van der Waals surface area contributed by atoms with Gasteiger partial charge in [0.1, 0.15) is 11.8 Å². The van der Waals surface area contributed by atoms with Gasteiger partial charge in [-0.05, 0) is 31.2 Å². The van der Waals surface area contributed by atoms with Crippen LogP contribution in [0.4, 0.5) is 11.4 Å². The van der Waals surface area contributed by atoms with E-state index in [1.54, 1.807) is 19.1 Å². The van der Waals surface area contributed by atoms with Gasteiger partial charge in [0.15, 0.2) is 5.78 Å². The van der Waals surface area contributed by atoms with Crippen molar-refractivity contribution in [1.82, 2.24) is 0 Å². The fraction of sp³-hybridized carbons (Fsp3) is 0.278. The zero-order valence-electron chi connectivity index (χ0n) is 12.6. The Morgan fingerprint density at radius 2 is 1.77 bits per heavy atom. The van der Waals surface area contributed by atoms with Gasteiger partial charge in [0.25, 0.3) is 0 Å². The van der Waals surface area contributed by atoms with Crippen molar-refractivity contribution in [3.05, 3.63) is 54.6 Å². The van der Waals surface area contributed by atoms with Gasteiger partial charge in [-0.1, -0.05) is 24.3 Å². The second-order valence-electron chi connectivity index (χ2n) is 5.62. The topological polar surface area (TPSA) is 43.8 Å². The number of aromatic hydroxyl groups is 1. The van der Waals surface area contributed by atoms with E-state index >= 15 is 0 Å². The maximum absolute atomic E-state index is 12.1. The van der Waals surface area contributed by atoms with Crippen LogP contribution in [0, 0.1) is 0 Å². The molecule has 0 aliphatic carbocycles. The molecule has 1 heterocycles. The van der Waals surface area contributed by atoms with Crippen LogP contribution < -0.4 is 9.80 Å². The van der Waals surface area contributed by atoms with E-state index in [0.717, 1.165) is 24.5 Å². The molecule has 0 radical (unpaired) electrons.